The molecule has 0 fully saturated rings. The maximum Gasteiger partial charge on any atom is 0.171 e. The van der Waals surface area contributed by atoms with Crippen LogP contribution in [-0.4, -0.2) is 18.6 Å². The van der Waals surface area contributed by atoms with E-state index in [0.717, 1.165) is 9.90 Å². The van der Waals surface area contributed by atoms with Crippen molar-refractivity contribution in [1.82, 2.24) is 0 Å². The number of ketones is 1. The zero-order valence-electron chi connectivity index (χ0n) is 11.9. The van der Waals surface area contributed by atoms with Gasteiger partial charge in [-0.3, -0.25) is 4.79 Å². The second-order valence-corrected chi connectivity index (χ2v) is 6.37. The molecule has 0 spiro atoms. The SMILES string of the molecule is CSc1c(NCCc2ccccc2F)sc(C(C)=O)c1N. The van der Waals surface area contributed by atoms with Crippen LogP contribution in [0.4, 0.5) is 15.1 Å². The molecule has 21 heavy (non-hydrogen) atoms. The number of halogens is 1. The van der Waals surface area contributed by atoms with Gasteiger partial charge in [0.05, 0.1) is 15.5 Å². The molecule has 3 N–H and O–H groups in total. The molecule has 1 heterocycles. The Labute approximate surface area is 131 Å². The Morgan fingerprint density at radius 3 is 2.76 bits per heavy atom. The normalized spacial score (nSPS) is 10.6. The van der Waals surface area contributed by atoms with Crippen molar-refractivity contribution >= 4 is 39.6 Å². The smallest absolute Gasteiger partial charge is 0.171 e. The quantitative estimate of drug-likeness (QED) is 0.622. The lowest BCUT2D eigenvalue weighted by atomic mass is 10.1. The summed E-state index contributed by atoms with van der Waals surface area (Å²) in [6, 6.07) is 6.73. The molecule has 6 heteroatoms. The van der Waals surface area contributed by atoms with Crippen molar-refractivity contribution < 1.29 is 9.18 Å². The largest absolute Gasteiger partial charge is 0.396 e. The maximum atomic E-state index is 13.5. The van der Waals surface area contributed by atoms with Crippen LogP contribution in [0.5, 0.6) is 0 Å². The van der Waals surface area contributed by atoms with E-state index in [1.165, 1.54) is 36.1 Å². The van der Waals surface area contributed by atoms with Gasteiger partial charge in [0.25, 0.3) is 0 Å². The summed E-state index contributed by atoms with van der Waals surface area (Å²) in [6.45, 7) is 2.10. The Balaban J connectivity index is 2.08. The molecule has 2 rings (SSSR count). The van der Waals surface area contributed by atoms with Crippen LogP contribution in [0.2, 0.25) is 0 Å². The van der Waals surface area contributed by atoms with Crippen molar-refractivity contribution in [2.75, 3.05) is 23.9 Å². The minimum Gasteiger partial charge on any atom is -0.396 e. The fraction of sp³-hybridized carbons (Fsp3) is 0.267. The number of nitrogens with two attached hydrogens (primary N) is 1. The van der Waals surface area contributed by atoms with E-state index >= 15 is 0 Å². The van der Waals surface area contributed by atoms with Crippen LogP contribution in [0.15, 0.2) is 29.2 Å². The van der Waals surface area contributed by atoms with Gasteiger partial charge in [0.1, 0.15) is 10.8 Å². The zero-order valence-corrected chi connectivity index (χ0v) is 13.5. The van der Waals surface area contributed by atoms with Crippen LogP contribution in [0, 0.1) is 5.82 Å². The number of nitrogens with one attached hydrogen (secondary N) is 1. The van der Waals surface area contributed by atoms with Crippen molar-refractivity contribution in [1.29, 1.82) is 0 Å². The minimum absolute atomic E-state index is 0.0325. The second-order valence-electron chi connectivity index (χ2n) is 4.53. The Bertz CT molecular complexity index is 655. The Morgan fingerprint density at radius 1 is 1.43 bits per heavy atom. The van der Waals surface area contributed by atoms with E-state index in [1.54, 1.807) is 12.1 Å². The topological polar surface area (TPSA) is 55.1 Å². The molecule has 0 saturated heterocycles. The van der Waals surface area contributed by atoms with Crippen molar-refractivity contribution in [3.05, 3.63) is 40.5 Å². The third-order valence-corrected chi connectivity index (χ3v) is 5.29. The van der Waals surface area contributed by atoms with Crippen LogP contribution >= 0.6 is 23.1 Å². The number of nitrogen functional groups attached to an aromatic ring is 1. The monoisotopic (exact) mass is 324 g/mol. The Kier molecular flexibility index (Phi) is 5.25. The van der Waals surface area contributed by atoms with Crippen molar-refractivity contribution in [3.8, 4) is 0 Å². The molecule has 0 aliphatic heterocycles. The number of rotatable bonds is 6. The molecular weight excluding hydrogens is 307 g/mol. The van der Waals surface area contributed by atoms with E-state index in [2.05, 4.69) is 5.32 Å². The highest BCUT2D eigenvalue weighted by atomic mass is 32.2. The molecule has 112 valence electrons. The summed E-state index contributed by atoms with van der Waals surface area (Å²) in [5, 5.41) is 4.13. The molecule has 0 bridgehead atoms. The summed E-state index contributed by atoms with van der Waals surface area (Å²) in [7, 11) is 0. The average molecular weight is 324 g/mol. The molecule has 0 aliphatic rings. The van der Waals surface area contributed by atoms with Crippen LogP contribution in [0.3, 0.4) is 0 Å². The standard InChI is InChI=1S/C15H17FN2OS2/c1-9(19)13-12(17)14(20-2)15(21-13)18-8-7-10-5-3-4-6-11(10)16/h3-6,18H,7-8,17H2,1-2H3. The van der Waals surface area contributed by atoms with E-state index < -0.39 is 0 Å². The van der Waals surface area contributed by atoms with E-state index in [1.807, 2.05) is 12.3 Å². The van der Waals surface area contributed by atoms with Crippen molar-refractivity contribution in [2.45, 2.75) is 18.2 Å². The predicted molar refractivity (Wildman–Crippen MR) is 89.1 cm³/mol. The molecule has 0 saturated carbocycles. The third kappa shape index (κ3) is 3.57. The number of thiophene rings is 1. The van der Waals surface area contributed by atoms with Gasteiger partial charge in [-0.15, -0.1) is 23.1 Å². The van der Waals surface area contributed by atoms with Gasteiger partial charge in [0.15, 0.2) is 5.78 Å². The molecule has 0 radical (unpaired) electrons. The number of anilines is 2. The highest BCUT2D eigenvalue weighted by Crippen LogP contribution is 2.41. The zero-order chi connectivity index (χ0) is 15.4. The van der Waals surface area contributed by atoms with Crippen LogP contribution < -0.4 is 11.1 Å². The van der Waals surface area contributed by atoms with Gasteiger partial charge in [-0.05, 0) is 24.3 Å². The molecule has 2 aromatic rings. The van der Waals surface area contributed by atoms with Crippen molar-refractivity contribution in [3.63, 3.8) is 0 Å². The van der Waals surface area contributed by atoms with Gasteiger partial charge in [0.2, 0.25) is 0 Å². The molecule has 0 aliphatic carbocycles. The maximum absolute atomic E-state index is 13.5. The highest BCUT2D eigenvalue weighted by molar-refractivity contribution is 7.99. The van der Waals surface area contributed by atoms with Crippen molar-refractivity contribution in [2.24, 2.45) is 0 Å². The molecule has 1 aromatic heterocycles. The summed E-state index contributed by atoms with van der Waals surface area (Å²) >= 11 is 2.86. The Morgan fingerprint density at radius 2 is 2.14 bits per heavy atom. The average Bonchev–Trinajstić information content (AvgIpc) is 2.77. The van der Waals surface area contributed by atoms with E-state index in [-0.39, 0.29) is 11.6 Å². The van der Waals surface area contributed by atoms with Crippen LogP contribution in [0.25, 0.3) is 0 Å². The number of carbonyl (C=O) groups is 1. The number of hydrogen-bond acceptors (Lipinski definition) is 5. The van der Waals surface area contributed by atoms with E-state index in [4.69, 9.17) is 5.73 Å². The fourth-order valence-electron chi connectivity index (χ4n) is 2.02. The van der Waals surface area contributed by atoms with E-state index in [9.17, 15) is 9.18 Å². The van der Waals surface area contributed by atoms with Gasteiger partial charge in [-0.25, -0.2) is 4.39 Å². The van der Waals surface area contributed by atoms with Gasteiger partial charge < -0.3 is 11.1 Å². The van der Waals surface area contributed by atoms with Crippen LogP contribution in [-0.2, 0) is 6.42 Å². The molecule has 0 unspecified atom stereocenters. The van der Waals surface area contributed by atoms with Gasteiger partial charge >= 0.3 is 0 Å². The predicted octanol–water partition coefficient (Wildman–Crippen LogP) is 4.05. The molecule has 3 nitrogen and oxygen atoms in total. The number of carbonyl (C=O) groups excluding carboxylic acids is 1. The molecular formula is C15H17FN2OS2. The summed E-state index contributed by atoms with van der Waals surface area (Å²) in [4.78, 5) is 13.0. The lowest BCUT2D eigenvalue weighted by Gasteiger charge is -2.07. The minimum atomic E-state index is -0.195. The van der Waals surface area contributed by atoms with Gasteiger partial charge in [-0.2, -0.15) is 0 Å². The second kappa shape index (κ2) is 6.95. The van der Waals surface area contributed by atoms with Gasteiger partial charge in [0, 0.05) is 13.5 Å². The first-order valence-corrected chi connectivity index (χ1v) is 8.53. The number of Topliss-reactive ketones (excluding diaryl/α,β-unsaturated/α-hetero) is 1. The number of hydrogen-bond donors (Lipinski definition) is 2. The number of thioether (sulfide) groups is 1. The first-order chi connectivity index (χ1) is 10.0. The molecule has 1 aromatic carbocycles. The third-order valence-electron chi connectivity index (χ3n) is 3.06. The fourth-order valence-corrected chi connectivity index (χ4v) is 3.98. The van der Waals surface area contributed by atoms with Crippen LogP contribution in [0.1, 0.15) is 22.2 Å². The lowest BCUT2D eigenvalue weighted by molar-refractivity contribution is 0.102. The summed E-state index contributed by atoms with van der Waals surface area (Å²) in [5.41, 5.74) is 7.20. The van der Waals surface area contributed by atoms with E-state index in [0.29, 0.717) is 29.1 Å². The summed E-state index contributed by atoms with van der Waals surface area (Å²) in [6.07, 6.45) is 2.50. The summed E-state index contributed by atoms with van der Waals surface area (Å²) in [5.74, 6) is -0.227. The molecule has 0 atom stereocenters. The summed E-state index contributed by atoms with van der Waals surface area (Å²) < 4.78 is 13.5. The first kappa shape index (κ1) is 15.9. The number of benzene rings is 1. The molecule has 0 amide bonds. The highest BCUT2D eigenvalue weighted by Gasteiger charge is 2.17. The first-order valence-electron chi connectivity index (χ1n) is 6.49. The lowest BCUT2D eigenvalue weighted by Crippen LogP contribution is -2.05. The Hall–Kier alpha value is -1.53. The van der Waals surface area contributed by atoms with Gasteiger partial charge in [-0.1, -0.05) is 18.2 Å².